The summed E-state index contributed by atoms with van der Waals surface area (Å²) in [5.74, 6) is -8.74. The van der Waals surface area contributed by atoms with Gasteiger partial charge >= 0.3 is 12.1 Å². The van der Waals surface area contributed by atoms with Crippen molar-refractivity contribution in [1.29, 1.82) is 0 Å². The molecule has 10 nitrogen and oxygen atoms in total. The number of rotatable bonds is 7. The summed E-state index contributed by atoms with van der Waals surface area (Å²) in [6.07, 6.45) is -5.86. The fraction of sp³-hybridized carbons (Fsp3) is 0.400. The number of halogens is 5. The molecule has 0 spiro atoms. The molecule has 0 aliphatic heterocycles. The molecule has 0 aliphatic rings. The Hall–Kier alpha value is -2.59. The van der Waals surface area contributed by atoms with Gasteiger partial charge in [-0.3, -0.25) is 0 Å². The van der Waals surface area contributed by atoms with Crippen LogP contribution >= 0.6 is 11.6 Å². The third kappa shape index (κ3) is 5.18. The first-order valence-electron chi connectivity index (χ1n) is 9.68. The van der Waals surface area contributed by atoms with E-state index in [-0.39, 0.29) is 9.70 Å². The van der Waals surface area contributed by atoms with Gasteiger partial charge in [-0.2, -0.15) is 18.3 Å². The first kappa shape index (κ1) is 27.0. The van der Waals surface area contributed by atoms with Crippen molar-refractivity contribution in [3.05, 3.63) is 46.5 Å². The molecule has 0 saturated carbocycles. The Morgan fingerprint density at radius 1 is 1.11 bits per heavy atom. The van der Waals surface area contributed by atoms with Gasteiger partial charge in [0.1, 0.15) is 17.1 Å². The van der Waals surface area contributed by atoms with Gasteiger partial charge in [0.2, 0.25) is 0 Å². The molecule has 1 aromatic carbocycles. The van der Waals surface area contributed by atoms with E-state index in [2.05, 4.69) is 15.0 Å². The van der Waals surface area contributed by atoms with E-state index in [1.165, 1.54) is 12.1 Å². The van der Waals surface area contributed by atoms with Gasteiger partial charge in [-0.15, -0.1) is 0 Å². The predicted molar refractivity (Wildman–Crippen MR) is 110 cm³/mol. The van der Waals surface area contributed by atoms with Crippen LogP contribution in [-0.2, 0) is 22.8 Å². The summed E-state index contributed by atoms with van der Waals surface area (Å²) in [6, 6.07) is 3.37. The Bertz CT molecular complexity index is 1210. The number of aromatic nitrogens is 3. The molecule has 2 heterocycles. The summed E-state index contributed by atoms with van der Waals surface area (Å²) in [5.41, 5.74) is -6.90. The zero-order chi connectivity index (χ0) is 26.6. The minimum absolute atomic E-state index is 0.231. The van der Waals surface area contributed by atoms with E-state index < -0.39 is 69.7 Å². The van der Waals surface area contributed by atoms with Crippen molar-refractivity contribution in [2.24, 2.45) is 0 Å². The molecular weight excluding hydrogens is 506 g/mol. The lowest BCUT2D eigenvalue weighted by molar-refractivity contribution is -0.338. The molecule has 0 saturated heterocycles. The molecule has 0 amide bonds. The monoisotopic (exact) mass is 525 g/mol. The van der Waals surface area contributed by atoms with Crippen LogP contribution < -0.4 is 0 Å². The highest BCUT2D eigenvalue weighted by Gasteiger charge is 2.48. The zero-order valence-corrected chi connectivity index (χ0v) is 19.1. The Morgan fingerprint density at radius 2 is 1.74 bits per heavy atom. The van der Waals surface area contributed by atoms with E-state index >= 15 is 0 Å². The number of methoxy groups -OCH3 is 1. The Kier molecular flexibility index (Phi) is 6.80. The second kappa shape index (κ2) is 8.81. The maximum atomic E-state index is 14.5. The van der Waals surface area contributed by atoms with Crippen LogP contribution in [0.1, 0.15) is 31.5 Å². The SMILES string of the molecule is COC(O)(O)c1c(-c2c(F)cccc2Cl)noc1-c1cnn(C(O)(O)CC(C)(C)O)c1C(F)(F)F. The minimum Gasteiger partial charge on any atom is -0.390 e. The molecule has 0 fully saturated rings. The van der Waals surface area contributed by atoms with E-state index in [4.69, 9.17) is 16.1 Å². The lowest BCUT2D eigenvalue weighted by Crippen LogP contribution is -2.43. The number of nitrogens with zero attached hydrogens (tertiary/aromatic N) is 3. The summed E-state index contributed by atoms with van der Waals surface area (Å²) in [4.78, 5) is 0. The minimum atomic E-state index is -5.33. The average Bonchev–Trinajstić information content (AvgIpc) is 3.31. The summed E-state index contributed by atoms with van der Waals surface area (Å²) >= 11 is 6.00. The Balaban J connectivity index is 2.36. The third-order valence-corrected chi connectivity index (χ3v) is 5.11. The highest BCUT2D eigenvalue weighted by Crippen LogP contribution is 2.46. The molecule has 0 unspecified atom stereocenters. The standard InChI is InChI=1S/C20H20ClF4N3O7/c1-17(2,29)8-18(30,31)28-16(19(23,24)25)9(7-26-28)15-13(20(32,33)34-3)14(27-35-15)12-10(21)5-4-6-11(12)22/h4-7,29-33H,8H2,1-3H3. The number of ether oxygens (including phenoxy) is 1. The highest BCUT2D eigenvalue weighted by atomic mass is 35.5. The van der Waals surface area contributed by atoms with E-state index in [9.17, 15) is 43.1 Å². The topological polar surface area (TPSA) is 154 Å². The largest absolute Gasteiger partial charge is 0.433 e. The van der Waals surface area contributed by atoms with E-state index in [1.807, 2.05) is 0 Å². The summed E-state index contributed by atoms with van der Waals surface area (Å²) < 4.78 is 66.2. The van der Waals surface area contributed by atoms with Crippen molar-refractivity contribution < 1.29 is 52.4 Å². The molecule has 35 heavy (non-hydrogen) atoms. The molecule has 192 valence electrons. The van der Waals surface area contributed by atoms with Crippen molar-refractivity contribution in [1.82, 2.24) is 14.9 Å². The second-order valence-electron chi connectivity index (χ2n) is 8.22. The fourth-order valence-corrected chi connectivity index (χ4v) is 3.74. The van der Waals surface area contributed by atoms with Crippen LogP contribution in [0.5, 0.6) is 0 Å². The summed E-state index contributed by atoms with van der Waals surface area (Å²) in [7, 11) is 0.785. The Labute approximate surface area is 199 Å². The van der Waals surface area contributed by atoms with Crippen molar-refractivity contribution in [2.45, 2.75) is 43.9 Å². The van der Waals surface area contributed by atoms with Crippen LogP contribution in [0, 0.1) is 5.82 Å². The molecule has 15 heteroatoms. The molecule has 5 N–H and O–H groups in total. The predicted octanol–water partition coefficient (Wildman–Crippen LogP) is 2.51. The maximum absolute atomic E-state index is 14.5. The van der Waals surface area contributed by atoms with Gasteiger partial charge < -0.3 is 34.8 Å². The van der Waals surface area contributed by atoms with Crippen molar-refractivity contribution in [3.8, 4) is 22.6 Å². The van der Waals surface area contributed by atoms with E-state index in [0.717, 1.165) is 27.0 Å². The molecule has 0 radical (unpaired) electrons. The molecular formula is C20H20ClF4N3O7. The number of alkyl halides is 3. The van der Waals surface area contributed by atoms with Gasteiger partial charge in [0.05, 0.1) is 34.4 Å². The van der Waals surface area contributed by atoms with Crippen LogP contribution in [0.4, 0.5) is 17.6 Å². The molecule has 0 aliphatic carbocycles. The third-order valence-electron chi connectivity index (χ3n) is 4.79. The van der Waals surface area contributed by atoms with E-state index in [1.54, 1.807) is 0 Å². The number of aliphatic hydroxyl groups is 5. The van der Waals surface area contributed by atoms with Gasteiger partial charge in [-0.05, 0) is 26.0 Å². The fourth-order valence-electron chi connectivity index (χ4n) is 3.49. The van der Waals surface area contributed by atoms with Crippen LogP contribution in [0.15, 0.2) is 28.9 Å². The molecule has 3 aromatic rings. The van der Waals surface area contributed by atoms with Crippen LogP contribution in [0.2, 0.25) is 5.02 Å². The van der Waals surface area contributed by atoms with Crippen molar-refractivity contribution >= 4 is 11.6 Å². The molecule has 2 aromatic heterocycles. The molecule has 0 atom stereocenters. The van der Waals surface area contributed by atoms with Crippen LogP contribution in [0.3, 0.4) is 0 Å². The zero-order valence-electron chi connectivity index (χ0n) is 18.3. The highest BCUT2D eigenvalue weighted by molar-refractivity contribution is 6.33. The second-order valence-corrected chi connectivity index (χ2v) is 8.63. The summed E-state index contributed by atoms with van der Waals surface area (Å²) in [5, 5.41) is 57.9. The van der Waals surface area contributed by atoms with Crippen LogP contribution in [-0.4, -0.2) is 53.2 Å². The average molecular weight is 526 g/mol. The lowest BCUT2D eigenvalue weighted by Gasteiger charge is -2.30. The van der Waals surface area contributed by atoms with Crippen molar-refractivity contribution in [2.75, 3.05) is 7.11 Å². The first-order chi connectivity index (χ1) is 15.9. The number of hydrogen-bond donors (Lipinski definition) is 5. The van der Waals surface area contributed by atoms with Crippen molar-refractivity contribution in [3.63, 3.8) is 0 Å². The van der Waals surface area contributed by atoms with E-state index in [0.29, 0.717) is 6.20 Å². The van der Waals surface area contributed by atoms with Gasteiger partial charge in [0.25, 0.3) is 5.91 Å². The van der Waals surface area contributed by atoms with Gasteiger partial charge in [0, 0.05) is 7.11 Å². The summed E-state index contributed by atoms with van der Waals surface area (Å²) in [6.45, 7) is 2.24. The lowest BCUT2D eigenvalue weighted by atomic mass is 9.99. The van der Waals surface area contributed by atoms with Crippen LogP contribution in [0.25, 0.3) is 22.6 Å². The number of benzene rings is 1. The number of hydrogen-bond acceptors (Lipinski definition) is 9. The quantitative estimate of drug-likeness (QED) is 0.231. The smallest absolute Gasteiger partial charge is 0.390 e. The van der Waals surface area contributed by atoms with Gasteiger partial charge in [-0.1, -0.05) is 22.8 Å². The Morgan fingerprint density at radius 3 is 2.26 bits per heavy atom. The van der Waals surface area contributed by atoms with Gasteiger partial charge in [0.15, 0.2) is 11.5 Å². The first-order valence-corrected chi connectivity index (χ1v) is 10.1. The molecule has 0 bridgehead atoms. The maximum Gasteiger partial charge on any atom is 0.433 e. The van der Waals surface area contributed by atoms with Gasteiger partial charge in [-0.25, -0.2) is 9.07 Å². The normalized spacial score (nSPS) is 13.5. The molecule has 3 rings (SSSR count).